The van der Waals surface area contributed by atoms with Gasteiger partial charge in [-0.15, -0.1) is 0 Å². The third-order valence-corrected chi connectivity index (χ3v) is 20.8. The molecular formula is C45H47Br2FN6O15S6. The fourth-order valence-corrected chi connectivity index (χ4v) is 17.7. The van der Waals surface area contributed by atoms with Crippen LogP contribution in [0.5, 0.6) is 0 Å². The predicted octanol–water partition coefficient (Wildman–Crippen LogP) is 4.62. The van der Waals surface area contributed by atoms with Crippen LogP contribution in [-0.4, -0.2) is 68.2 Å². The van der Waals surface area contributed by atoms with Gasteiger partial charge in [0.15, 0.2) is 0 Å². The van der Waals surface area contributed by atoms with E-state index in [1.807, 2.05) is 4.72 Å². The van der Waals surface area contributed by atoms with Crippen molar-refractivity contribution in [1.82, 2.24) is 14.2 Å². The van der Waals surface area contributed by atoms with Crippen LogP contribution >= 0.6 is 31.9 Å². The molecule has 5 aromatic rings. The molecule has 0 atom stereocenters. The molecule has 4 aliphatic rings. The molecule has 0 saturated heterocycles. The molecule has 3 amide bonds. The maximum atomic E-state index is 13.7. The van der Waals surface area contributed by atoms with Crippen LogP contribution in [0.15, 0.2) is 148 Å². The van der Waals surface area contributed by atoms with Gasteiger partial charge in [-0.25, -0.2) is 84.5 Å². The Bertz CT molecular complexity index is 3610. The average Bonchev–Trinajstić information content (AvgIpc) is 3.27. The summed E-state index contributed by atoms with van der Waals surface area (Å²) in [6, 6.07) is 22.4. The molecule has 0 radical (unpaired) electrons. The Morgan fingerprint density at radius 1 is 0.507 bits per heavy atom. The second-order valence-corrected chi connectivity index (χ2v) is 29.4. The number of sulfonamides is 6. The summed E-state index contributed by atoms with van der Waals surface area (Å²) < 4.78 is 164. The molecule has 4 aliphatic carbocycles. The van der Waals surface area contributed by atoms with Crippen LogP contribution in [0.1, 0.15) is 71.2 Å². The number of primary sulfonamides is 3. The second kappa shape index (κ2) is 22.5. The Labute approximate surface area is 450 Å². The number of amides is 3. The van der Waals surface area contributed by atoms with Crippen LogP contribution in [0.25, 0.3) is 0 Å². The summed E-state index contributed by atoms with van der Waals surface area (Å²) in [6.45, 7) is 1.64. The van der Waals surface area contributed by atoms with E-state index in [4.69, 9.17) is 15.4 Å². The number of benzene rings is 5. The van der Waals surface area contributed by atoms with Crippen molar-refractivity contribution < 1.29 is 69.3 Å². The summed E-state index contributed by atoms with van der Waals surface area (Å²) in [5, 5.41) is 15.1. The van der Waals surface area contributed by atoms with Gasteiger partial charge in [-0.1, -0.05) is 68.3 Å². The molecule has 9 N–H and O–H groups in total. The van der Waals surface area contributed by atoms with E-state index in [1.54, 1.807) is 23.8 Å². The molecule has 30 heteroatoms. The molecule has 404 valence electrons. The zero-order valence-electron chi connectivity index (χ0n) is 39.0. The number of nitrogens with one attached hydrogen (secondary N) is 3. The fraction of sp³-hybridized carbons (Fsp3) is 0.267. The molecule has 0 aromatic heterocycles. The molecule has 75 heavy (non-hydrogen) atoms. The van der Waals surface area contributed by atoms with Gasteiger partial charge in [0.2, 0.25) is 36.0 Å². The van der Waals surface area contributed by atoms with Crippen molar-refractivity contribution in [3.8, 4) is 0 Å². The third kappa shape index (κ3) is 14.7. The van der Waals surface area contributed by atoms with E-state index < -0.39 is 119 Å². The zero-order chi connectivity index (χ0) is 55.7. The lowest BCUT2D eigenvalue weighted by atomic mass is 9.49. The van der Waals surface area contributed by atoms with Crippen molar-refractivity contribution in [3.05, 3.63) is 141 Å². The monoisotopic (exact) mass is 1280 g/mol. The second-order valence-electron chi connectivity index (χ2n) is 18.1. The van der Waals surface area contributed by atoms with Crippen molar-refractivity contribution in [1.29, 1.82) is 0 Å². The SMILES string of the molecule is Cc1cc(Br)ccc1C(=O)NS(=O)(=O)c1ccccc1S(N)(=O)=O.NS(=O)(=O)c1ccccc1S(=O)(=O)NC(=O)CC12CC3CC(CC(C3)C1)C2.NS(=O)(=O)c1ccccc1S(=O)(=O)NC(=O)c1ccc(Br)cc1F. The Morgan fingerprint density at radius 2 is 0.827 bits per heavy atom. The molecular weight excluding hydrogens is 1240 g/mol. The maximum absolute atomic E-state index is 13.7. The minimum absolute atomic E-state index is 0.103. The van der Waals surface area contributed by atoms with E-state index in [-0.39, 0.29) is 17.4 Å². The van der Waals surface area contributed by atoms with Crippen LogP contribution < -0.4 is 29.6 Å². The van der Waals surface area contributed by atoms with Crippen LogP contribution in [0.2, 0.25) is 0 Å². The first-order valence-corrected chi connectivity index (χ1v) is 32.5. The molecule has 4 fully saturated rings. The Kier molecular flexibility index (Phi) is 17.8. The van der Waals surface area contributed by atoms with Gasteiger partial charge in [0.1, 0.15) is 35.2 Å². The van der Waals surface area contributed by atoms with Gasteiger partial charge in [0.25, 0.3) is 41.9 Å². The van der Waals surface area contributed by atoms with Crippen LogP contribution in [0.4, 0.5) is 4.39 Å². The third-order valence-electron chi connectivity index (χ3n) is 12.3. The van der Waals surface area contributed by atoms with E-state index in [0.29, 0.717) is 27.8 Å². The molecule has 4 bridgehead atoms. The van der Waals surface area contributed by atoms with E-state index in [1.165, 1.54) is 67.8 Å². The zero-order valence-corrected chi connectivity index (χ0v) is 47.1. The topological polar surface area (TPSA) is 370 Å². The molecule has 0 spiro atoms. The van der Waals surface area contributed by atoms with Crippen molar-refractivity contribution >= 4 is 110 Å². The highest BCUT2D eigenvalue weighted by Gasteiger charge is 2.51. The highest BCUT2D eigenvalue weighted by Crippen LogP contribution is 2.61. The van der Waals surface area contributed by atoms with Gasteiger partial charge >= 0.3 is 0 Å². The summed E-state index contributed by atoms with van der Waals surface area (Å²) in [4.78, 5) is 33.3. The molecule has 4 saturated carbocycles. The van der Waals surface area contributed by atoms with Crippen LogP contribution in [-0.2, 0) is 64.9 Å². The number of carbonyl (C=O) groups excluding carboxylic acids is 3. The predicted molar refractivity (Wildman–Crippen MR) is 276 cm³/mol. The Balaban J connectivity index is 0.000000183. The van der Waals surface area contributed by atoms with Gasteiger partial charge in [0.05, 0.1) is 5.56 Å². The summed E-state index contributed by atoms with van der Waals surface area (Å²) in [6.07, 6.45) is 6.84. The number of aryl methyl sites for hydroxylation is 1. The number of nitrogens with two attached hydrogens (primary N) is 3. The van der Waals surface area contributed by atoms with Crippen LogP contribution in [0, 0.1) is 35.9 Å². The standard InChI is InChI=1S/C18H24N2O5S2.C14H13BrN2O5S2.C13H10BrFN2O5S2/c19-26(22,23)15-3-1-2-4-16(15)27(24,25)20-17(21)11-18-8-12-5-13(9-18)7-14(6-12)10-18;1-9-8-10(15)6-7-11(9)14(18)17-24(21,22)13-5-3-2-4-12(13)23(16,19)20;14-8-5-6-9(10(15)7-8)13(18)17-24(21,22)12-4-2-1-3-11(12)23(16,19)20/h1-4,12-14H,5-11H2,(H,20,21)(H2,19,22,23);2-8H,1H3,(H,17,18)(H2,16,19,20);1-7H,(H,17,18)(H2,16,19,20). The summed E-state index contributed by atoms with van der Waals surface area (Å²) in [7, 11) is -26.2. The van der Waals surface area contributed by atoms with Gasteiger partial charge in [0, 0.05) is 20.9 Å². The molecule has 5 aromatic carbocycles. The van der Waals surface area contributed by atoms with E-state index in [2.05, 4.69) is 36.6 Å². The molecule has 9 rings (SSSR count). The first-order chi connectivity index (χ1) is 34.6. The number of hydrogen-bond acceptors (Lipinski definition) is 15. The highest BCUT2D eigenvalue weighted by atomic mass is 79.9. The van der Waals surface area contributed by atoms with Gasteiger partial charge in [-0.2, -0.15) is 0 Å². The van der Waals surface area contributed by atoms with Crippen LogP contribution in [0.3, 0.4) is 0 Å². The lowest BCUT2D eigenvalue weighted by Gasteiger charge is -2.56. The first-order valence-electron chi connectivity index (χ1n) is 21.9. The fourth-order valence-electron chi connectivity index (χ4n) is 9.83. The number of hydrogen-bond donors (Lipinski definition) is 6. The number of halogens is 3. The smallest absolute Gasteiger partial charge is 0.267 e. The van der Waals surface area contributed by atoms with Gasteiger partial charge < -0.3 is 0 Å². The van der Waals surface area contributed by atoms with E-state index in [0.717, 1.165) is 72.3 Å². The maximum Gasteiger partial charge on any atom is 0.267 e. The quantitative estimate of drug-likeness (QED) is 0.0936. The van der Waals surface area contributed by atoms with E-state index >= 15 is 0 Å². The summed E-state index contributed by atoms with van der Waals surface area (Å²) in [5.41, 5.74) is 0.0786. The van der Waals surface area contributed by atoms with Crippen molar-refractivity contribution in [2.75, 3.05) is 0 Å². The highest BCUT2D eigenvalue weighted by molar-refractivity contribution is 9.10. The van der Waals surface area contributed by atoms with Crippen molar-refractivity contribution in [3.63, 3.8) is 0 Å². The largest absolute Gasteiger partial charge is 0.274 e. The average molecular weight is 1280 g/mol. The summed E-state index contributed by atoms with van der Waals surface area (Å²) >= 11 is 6.25. The summed E-state index contributed by atoms with van der Waals surface area (Å²) in [5.74, 6) is -1.66. The molecule has 21 nitrogen and oxygen atoms in total. The molecule has 0 heterocycles. The van der Waals surface area contributed by atoms with Crippen molar-refractivity contribution in [2.45, 2.75) is 81.2 Å². The van der Waals surface area contributed by atoms with Crippen molar-refractivity contribution in [2.24, 2.45) is 38.6 Å². The van der Waals surface area contributed by atoms with E-state index in [9.17, 15) is 69.3 Å². The normalized spacial score (nSPS) is 19.3. The minimum Gasteiger partial charge on any atom is -0.274 e. The lowest BCUT2D eigenvalue weighted by Crippen LogP contribution is -2.48. The molecule has 0 unspecified atom stereocenters. The van der Waals surface area contributed by atoms with Gasteiger partial charge in [-0.05, 0) is 147 Å². The number of carbonyl (C=O) groups is 3. The Hall–Kier alpha value is -5.02. The minimum atomic E-state index is -4.59. The van der Waals surface area contributed by atoms with Gasteiger partial charge in [-0.3, -0.25) is 14.4 Å². The lowest BCUT2D eigenvalue weighted by molar-refractivity contribution is -0.127. The molecule has 0 aliphatic heterocycles. The Morgan fingerprint density at radius 3 is 1.17 bits per heavy atom. The first kappa shape index (κ1) is 59.2. The number of rotatable bonds is 13.